The number of ether oxygens (including phenoxy) is 1. The maximum Gasteiger partial charge on any atom is 0.0477 e. The Bertz CT molecular complexity index is 82.6. The van der Waals surface area contributed by atoms with Crippen molar-refractivity contribution in [1.82, 2.24) is 10.6 Å². The smallest absolute Gasteiger partial charge is 0.0477 e. The van der Waals surface area contributed by atoms with Gasteiger partial charge in [0, 0.05) is 39.4 Å². The van der Waals surface area contributed by atoms with Gasteiger partial charge in [-0.3, -0.25) is 0 Å². The van der Waals surface area contributed by atoms with E-state index in [1.54, 1.807) is 7.11 Å². The highest BCUT2D eigenvalue weighted by atomic mass is 16.5. The van der Waals surface area contributed by atoms with Gasteiger partial charge in [-0.15, -0.1) is 0 Å². The van der Waals surface area contributed by atoms with E-state index in [9.17, 15) is 0 Å². The minimum Gasteiger partial charge on any atom is -0.385 e. The van der Waals surface area contributed by atoms with Crippen LogP contribution in [0.4, 0.5) is 0 Å². The summed E-state index contributed by atoms with van der Waals surface area (Å²) in [6, 6.07) is 0.619. The summed E-state index contributed by atoms with van der Waals surface area (Å²) < 4.78 is 4.98. The van der Waals surface area contributed by atoms with Crippen LogP contribution in [0.25, 0.3) is 0 Å². The van der Waals surface area contributed by atoms with Crippen LogP contribution in [0.5, 0.6) is 0 Å². The summed E-state index contributed by atoms with van der Waals surface area (Å²) in [6.45, 7) is 8.14. The number of hydrogen-bond donors (Lipinski definition) is 2. The van der Waals surface area contributed by atoms with Crippen LogP contribution in [-0.4, -0.2) is 39.4 Å². The van der Waals surface area contributed by atoms with Gasteiger partial charge in [0.15, 0.2) is 0 Å². The third kappa shape index (κ3) is 5.52. The third-order valence-electron chi connectivity index (χ3n) is 1.80. The number of hydrogen-bond acceptors (Lipinski definition) is 3. The molecule has 1 rings (SSSR count). The fraction of sp³-hybridized carbons (Fsp3) is 1.00. The number of rotatable bonds is 3. The van der Waals surface area contributed by atoms with Crippen molar-refractivity contribution in [2.24, 2.45) is 0 Å². The van der Waals surface area contributed by atoms with Crippen molar-refractivity contribution in [2.45, 2.75) is 26.3 Å². The van der Waals surface area contributed by atoms with E-state index in [1.807, 2.05) is 13.8 Å². The molecule has 12 heavy (non-hydrogen) atoms. The lowest BCUT2D eigenvalue weighted by molar-refractivity contribution is 0.179. The van der Waals surface area contributed by atoms with Gasteiger partial charge in [0.1, 0.15) is 0 Å². The van der Waals surface area contributed by atoms with Crippen molar-refractivity contribution < 1.29 is 4.74 Å². The topological polar surface area (TPSA) is 33.3 Å². The highest BCUT2D eigenvalue weighted by molar-refractivity contribution is 4.74. The van der Waals surface area contributed by atoms with Crippen molar-refractivity contribution in [1.29, 1.82) is 0 Å². The molecule has 1 aliphatic heterocycles. The predicted octanol–water partition coefficient (Wildman–Crippen LogP) is 0.611. The highest BCUT2D eigenvalue weighted by Gasteiger charge is 2.10. The van der Waals surface area contributed by atoms with Gasteiger partial charge in [0.2, 0.25) is 0 Å². The van der Waals surface area contributed by atoms with Crippen molar-refractivity contribution in [3.63, 3.8) is 0 Å². The molecule has 3 heteroatoms. The molecule has 0 bridgehead atoms. The fourth-order valence-corrected chi connectivity index (χ4v) is 1.18. The van der Waals surface area contributed by atoms with Gasteiger partial charge in [-0.05, 0) is 6.42 Å². The van der Waals surface area contributed by atoms with Crippen LogP contribution < -0.4 is 10.6 Å². The number of piperazine rings is 1. The first-order valence-electron chi connectivity index (χ1n) is 4.86. The SMILES string of the molecule is CC.COCCC1CNCCN1. The maximum absolute atomic E-state index is 4.98. The second-order valence-electron chi connectivity index (χ2n) is 2.64. The minimum absolute atomic E-state index is 0.619. The molecular weight excluding hydrogens is 152 g/mol. The average molecular weight is 174 g/mol. The van der Waals surface area contributed by atoms with E-state index < -0.39 is 0 Å². The summed E-state index contributed by atoms with van der Waals surface area (Å²) in [4.78, 5) is 0. The third-order valence-corrected chi connectivity index (χ3v) is 1.80. The zero-order valence-corrected chi connectivity index (χ0v) is 8.52. The Hall–Kier alpha value is -0.120. The largest absolute Gasteiger partial charge is 0.385 e. The van der Waals surface area contributed by atoms with Gasteiger partial charge >= 0.3 is 0 Å². The van der Waals surface area contributed by atoms with E-state index in [0.29, 0.717) is 6.04 Å². The lowest BCUT2D eigenvalue weighted by Gasteiger charge is -2.23. The van der Waals surface area contributed by atoms with E-state index in [0.717, 1.165) is 32.7 Å². The molecular formula is C9H22N2O. The summed E-state index contributed by atoms with van der Waals surface area (Å²) in [5.74, 6) is 0. The molecule has 0 amide bonds. The Morgan fingerprint density at radius 3 is 2.58 bits per heavy atom. The molecule has 0 aromatic heterocycles. The molecule has 3 nitrogen and oxygen atoms in total. The first kappa shape index (κ1) is 11.9. The second kappa shape index (κ2) is 8.97. The van der Waals surface area contributed by atoms with Crippen LogP contribution in [-0.2, 0) is 4.74 Å². The summed E-state index contributed by atoms with van der Waals surface area (Å²) in [5, 5.41) is 6.74. The summed E-state index contributed by atoms with van der Waals surface area (Å²) in [5.41, 5.74) is 0. The van der Waals surface area contributed by atoms with Crippen LogP contribution in [0, 0.1) is 0 Å². The Balaban J connectivity index is 0.000000561. The lowest BCUT2D eigenvalue weighted by atomic mass is 10.2. The van der Waals surface area contributed by atoms with Gasteiger partial charge < -0.3 is 15.4 Å². The highest BCUT2D eigenvalue weighted by Crippen LogP contribution is 1.93. The summed E-state index contributed by atoms with van der Waals surface area (Å²) in [7, 11) is 1.75. The molecule has 0 aromatic carbocycles. The van der Waals surface area contributed by atoms with E-state index in [1.165, 1.54) is 0 Å². The van der Waals surface area contributed by atoms with Crippen molar-refractivity contribution in [2.75, 3.05) is 33.4 Å². The normalized spacial score (nSPS) is 22.8. The van der Waals surface area contributed by atoms with Gasteiger partial charge in [-0.1, -0.05) is 13.8 Å². The molecule has 1 heterocycles. The van der Waals surface area contributed by atoms with E-state index in [4.69, 9.17) is 4.74 Å². The molecule has 0 saturated carbocycles. The molecule has 0 radical (unpaired) electrons. The Morgan fingerprint density at radius 1 is 1.33 bits per heavy atom. The molecule has 0 spiro atoms. The van der Waals surface area contributed by atoms with E-state index >= 15 is 0 Å². The summed E-state index contributed by atoms with van der Waals surface area (Å²) in [6.07, 6.45) is 1.11. The molecule has 2 N–H and O–H groups in total. The molecule has 1 fully saturated rings. The fourth-order valence-electron chi connectivity index (χ4n) is 1.18. The van der Waals surface area contributed by atoms with Crippen LogP contribution in [0.3, 0.4) is 0 Å². The standard InChI is InChI=1S/C7H16N2O.C2H6/c1-10-5-2-7-6-8-3-4-9-7;1-2/h7-9H,2-6H2,1H3;1-2H3. The van der Waals surface area contributed by atoms with E-state index in [-0.39, 0.29) is 0 Å². The minimum atomic E-state index is 0.619. The van der Waals surface area contributed by atoms with Crippen molar-refractivity contribution in [3.8, 4) is 0 Å². The number of methoxy groups -OCH3 is 1. The van der Waals surface area contributed by atoms with Crippen LogP contribution in [0.2, 0.25) is 0 Å². The van der Waals surface area contributed by atoms with Gasteiger partial charge in [-0.25, -0.2) is 0 Å². The Morgan fingerprint density at radius 2 is 2.08 bits per heavy atom. The van der Waals surface area contributed by atoms with Gasteiger partial charge in [0.25, 0.3) is 0 Å². The van der Waals surface area contributed by atoms with Crippen molar-refractivity contribution in [3.05, 3.63) is 0 Å². The van der Waals surface area contributed by atoms with Crippen molar-refractivity contribution >= 4 is 0 Å². The van der Waals surface area contributed by atoms with Crippen LogP contribution in [0.1, 0.15) is 20.3 Å². The van der Waals surface area contributed by atoms with Crippen LogP contribution in [0.15, 0.2) is 0 Å². The average Bonchev–Trinajstić information content (AvgIpc) is 2.19. The first-order valence-corrected chi connectivity index (χ1v) is 4.86. The molecule has 0 aromatic rings. The van der Waals surface area contributed by atoms with Gasteiger partial charge in [-0.2, -0.15) is 0 Å². The molecule has 1 saturated heterocycles. The molecule has 1 aliphatic rings. The molecule has 1 atom stereocenters. The van der Waals surface area contributed by atoms with Gasteiger partial charge in [0.05, 0.1) is 0 Å². The Labute approximate surface area is 75.9 Å². The van der Waals surface area contributed by atoms with E-state index in [2.05, 4.69) is 10.6 Å². The predicted molar refractivity (Wildman–Crippen MR) is 52.5 cm³/mol. The lowest BCUT2D eigenvalue weighted by Crippen LogP contribution is -2.48. The van der Waals surface area contributed by atoms with Crippen LogP contribution >= 0.6 is 0 Å². The molecule has 74 valence electrons. The quantitative estimate of drug-likeness (QED) is 0.658. The Kier molecular flexibility index (Phi) is 8.88. The maximum atomic E-state index is 4.98. The zero-order valence-electron chi connectivity index (χ0n) is 8.52. The summed E-state index contributed by atoms with van der Waals surface area (Å²) >= 11 is 0. The molecule has 0 aliphatic carbocycles. The first-order chi connectivity index (χ1) is 5.93. The number of nitrogens with one attached hydrogen (secondary N) is 2. The second-order valence-corrected chi connectivity index (χ2v) is 2.64. The monoisotopic (exact) mass is 174 g/mol. The zero-order chi connectivity index (χ0) is 9.23. The molecule has 1 unspecified atom stereocenters.